The fourth-order valence-electron chi connectivity index (χ4n) is 3.50. The van der Waals surface area contributed by atoms with Crippen LogP contribution in [0.25, 0.3) is 10.9 Å². The first kappa shape index (κ1) is 17.4. The number of nitrogens with zero attached hydrogens (tertiary/aromatic N) is 2. The molecule has 0 bridgehead atoms. The number of aromatic nitrogens is 1. The maximum absolute atomic E-state index is 12.6. The Morgan fingerprint density at radius 3 is 2.64 bits per heavy atom. The second-order valence-electron chi connectivity index (χ2n) is 7.82. The molecule has 0 spiro atoms. The van der Waals surface area contributed by atoms with Crippen molar-refractivity contribution in [1.29, 1.82) is 0 Å². The van der Waals surface area contributed by atoms with Crippen LogP contribution in [-0.2, 0) is 4.79 Å². The van der Waals surface area contributed by atoms with Crippen molar-refractivity contribution in [3.63, 3.8) is 0 Å². The predicted octanol–water partition coefficient (Wildman–Crippen LogP) is 3.09. The molecule has 5 nitrogen and oxygen atoms in total. The van der Waals surface area contributed by atoms with Crippen LogP contribution in [0.15, 0.2) is 30.3 Å². The number of carbonyl (C=O) groups excluding carboxylic acids is 2. The minimum Gasteiger partial charge on any atom is -0.366 e. The lowest BCUT2D eigenvalue weighted by molar-refractivity contribution is -0.140. The molecule has 1 aromatic carbocycles. The van der Waals surface area contributed by atoms with Gasteiger partial charge in [0.2, 0.25) is 5.91 Å². The van der Waals surface area contributed by atoms with E-state index in [9.17, 15) is 9.59 Å². The predicted molar refractivity (Wildman–Crippen MR) is 98.3 cm³/mol. The van der Waals surface area contributed by atoms with Crippen molar-refractivity contribution < 1.29 is 9.59 Å². The summed E-state index contributed by atoms with van der Waals surface area (Å²) >= 11 is 0. The van der Waals surface area contributed by atoms with Crippen LogP contribution in [0.3, 0.4) is 0 Å². The summed E-state index contributed by atoms with van der Waals surface area (Å²) in [4.78, 5) is 31.3. The molecule has 1 atom stereocenters. The van der Waals surface area contributed by atoms with Gasteiger partial charge < -0.3 is 10.6 Å². The number of para-hydroxylation sites is 1. The molecule has 2 aromatic rings. The van der Waals surface area contributed by atoms with E-state index >= 15 is 0 Å². The first-order valence-electron chi connectivity index (χ1n) is 8.76. The average molecular weight is 339 g/mol. The molecule has 1 aliphatic heterocycles. The van der Waals surface area contributed by atoms with Crippen LogP contribution in [0, 0.1) is 5.41 Å². The fraction of sp³-hybridized carbons (Fsp3) is 0.450. The minimum atomic E-state index is -0.465. The van der Waals surface area contributed by atoms with Gasteiger partial charge in [0, 0.05) is 29.8 Å². The number of hydrogen-bond donors (Lipinski definition) is 1. The van der Waals surface area contributed by atoms with Gasteiger partial charge in [-0.1, -0.05) is 39.0 Å². The summed E-state index contributed by atoms with van der Waals surface area (Å²) in [5, 5.41) is 0.901. The second-order valence-corrected chi connectivity index (χ2v) is 7.82. The Morgan fingerprint density at radius 2 is 1.96 bits per heavy atom. The van der Waals surface area contributed by atoms with E-state index in [-0.39, 0.29) is 11.8 Å². The summed E-state index contributed by atoms with van der Waals surface area (Å²) in [6, 6.07) is 9.53. The number of nitrogens with two attached hydrogens (primary N) is 1. The third-order valence-corrected chi connectivity index (χ3v) is 4.76. The number of carbonyl (C=O) groups is 2. The molecule has 1 fully saturated rings. The Balaban J connectivity index is 1.98. The Bertz CT molecular complexity index is 823. The number of likely N-dealkylation sites (tertiary alicyclic amines) is 1. The Kier molecular flexibility index (Phi) is 4.50. The molecule has 2 N–H and O–H groups in total. The normalized spacial score (nSPS) is 18.4. The lowest BCUT2D eigenvalue weighted by Crippen LogP contribution is -2.45. The van der Waals surface area contributed by atoms with E-state index in [2.05, 4.69) is 0 Å². The molecule has 5 heteroatoms. The highest BCUT2D eigenvalue weighted by Gasteiger charge is 2.33. The van der Waals surface area contributed by atoms with Gasteiger partial charge in [0.25, 0.3) is 5.91 Å². The molecular weight excluding hydrogens is 314 g/mol. The number of primary amides is 1. The maximum atomic E-state index is 12.6. The van der Waals surface area contributed by atoms with Crippen molar-refractivity contribution in [2.75, 3.05) is 13.1 Å². The Morgan fingerprint density at radius 1 is 1.24 bits per heavy atom. The number of pyridine rings is 1. The highest BCUT2D eigenvalue weighted by Crippen LogP contribution is 2.31. The van der Waals surface area contributed by atoms with Crippen molar-refractivity contribution in [2.24, 2.45) is 11.1 Å². The van der Waals surface area contributed by atoms with Gasteiger partial charge in [-0.2, -0.15) is 0 Å². The monoisotopic (exact) mass is 339 g/mol. The van der Waals surface area contributed by atoms with Crippen molar-refractivity contribution in [2.45, 2.75) is 39.5 Å². The molecule has 1 aromatic heterocycles. The van der Waals surface area contributed by atoms with Gasteiger partial charge in [-0.3, -0.25) is 14.6 Å². The molecular formula is C20H25N3O2. The SMILES string of the molecule is CC(C)(C)C(=O)N1CCC[C@@H](c2nc3ccccc3cc2C(N)=O)C1. The van der Waals surface area contributed by atoms with Crippen LogP contribution in [0.2, 0.25) is 0 Å². The van der Waals surface area contributed by atoms with E-state index in [4.69, 9.17) is 10.7 Å². The molecule has 25 heavy (non-hydrogen) atoms. The van der Waals surface area contributed by atoms with Gasteiger partial charge in [0.05, 0.1) is 16.8 Å². The summed E-state index contributed by atoms with van der Waals surface area (Å²) < 4.78 is 0. The van der Waals surface area contributed by atoms with Crippen LogP contribution >= 0.6 is 0 Å². The molecule has 1 aliphatic rings. The summed E-state index contributed by atoms with van der Waals surface area (Å²) in [6.45, 7) is 7.14. The zero-order valence-electron chi connectivity index (χ0n) is 15.1. The van der Waals surface area contributed by atoms with Crippen LogP contribution in [0.1, 0.15) is 55.6 Å². The summed E-state index contributed by atoms with van der Waals surface area (Å²) in [5.74, 6) is -0.293. The lowest BCUT2D eigenvalue weighted by Gasteiger charge is -2.36. The van der Waals surface area contributed by atoms with Crippen molar-refractivity contribution in [3.05, 3.63) is 41.6 Å². The number of hydrogen-bond acceptors (Lipinski definition) is 3. The third-order valence-electron chi connectivity index (χ3n) is 4.76. The molecule has 0 aliphatic carbocycles. The summed E-state index contributed by atoms with van der Waals surface area (Å²) in [6.07, 6.45) is 1.80. The van der Waals surface area contributed by atoms with Crippen LogP contribution < -0.4 is 5.73 Å². The largest absolute Gasteiger partial charge is 0.366 e. The number of amides is 2. The van der Waals surface area contributed by atoms with Crippen molar-refractivity contribution >= 4 is 22.7 Å². The molecule has 1 saturated heterocycles. The lowest BCUT2D eigenvalue weighted by atomic mass is 9.88. The minimum absolute atomic E-state index is 0.0344. The highest BCUT2D eigenvalue weighted by atomic mass is 16.2. The van der Waals surface area contributed by atoms with E-state index in [1.54, 1.807) is 0 Å². The first-order valence-corrected chi connectivity index (χ1v) is 8.76. The zero-order valence-corrected chi connectivity index (χ0v) is 15.1. The smallest absolute Gasteiger partial charge is 0.250 e. The zero-order chi connectivity index (χ0) is 18.2. The molecule has 2 amide bonds. The number of benzene rings is 1. The van der Waals surface area contributed by atoms with Crippen LogP contribution in [0.4, 0.5) is 0 Å². The number of rotatable bonds is 2. The van der Waals surface area contributed by atoms with E-state index in [1.165, 1.54) is 0 Å². The van der Waals surface area contributed by atoms with E-state index < -0.39 is 11.3 Å². The van der Waals surface area contributed by atoms with Crippen LogP contribution in [-0.4, -0.2) is 34.8 Å². The standard InChI is InChI=1S/C20H25N3O2/c1-20(2,3)19(25)23-10-6-8-14(12-23)17-15(18(21)24)11-13-7-4-5-9-16(13)22-17/h4-5,7,9,11,14H,6,8,10,12H2,1-3H3,(H2,21,24)/t14-/m1/s1. The summed E-state index contributed by atoms with van der Waals surface area (Å²) in [7, 11) is 0. The highest BCUT2D eigenvalue weighted by molar-refractivity contribution is 5.97. The second kappa shape index (κ2) is 6.47. The molecule has 0 radical (unpaired) electrons. The topological polar surface area (TPSA) is 76.3 Å². The van der Waals surface area contributed by atoms with Gasteiger partial charge in [-0.15, -0.1) is 0 Å². The Hall–Kier alpha value is -2.43. The molecule has 0 unspecified atom stereocenters. The maximum Gasteiger partial charge on any atom is 0.250 e. The van der Waals surface area contributed by atoms with Gasteiger partial charge >= 0.3 is 0 Å². The molecule has 2 heterocycles. The fourth-order valence-corrected chi connectivity index (χ4v) is 3.50. The van der Waals surface area contributed by atoms with E-state index in [0.29, 0.717) is 12.1 Å². The molecule has 3 rings (SSSR count). The molecule has 132 valence electrons. The first-order chi connectivity index (χ1) is 11.8. The summed E-state index contributed by atoms with van der Waals surface area (Å²) in [5.41, 5.74) is 7.24. The van der Waals surface area contributed by atoms with Crippen LogP contribution in [0.5, 0.6) is 0 Å². The Labute approximate surface area is 148 Å². The van der Waals surface area contributed by atoms with Gasteiger partial charge in [-0.25, -0.2) is 0 Å². The number of piperidine rings is 1. The molecule has 0 saturated carbocycles. The van der Waals surface area contributed by atoms with E-state index in [1.807, 2.05) is 56.0 Å². The average Bonchev–Trinajstić information content (AvgIpc) is 2.59. The third kappa shape index (κ3) is 3.50. The van der Waals surface area contributed by atoms with Crippen molar-refractivity contribution in [3.8, 4) is 0 Å². The quantitative estimate of drug-likeness (QED) is 0.913. The van der Waals surface area contributed by atoms with Crippen molar-refractivity contribution in [1.82, 2.24) is 9.88 Å². The number of fused-ring (bicyclic) bond motifs is 1. The van der Waals surface area contributed by atoms with Gasteiger partial charge in [-0.05, 0) is 25.0 Å². The van der Waals surface area contributed by atoms with Gasteiger partial charge in [0.1, 0.15) is 0 Å². The van der Waals surface area contributed by atoms with E-state index in [0.717, 1.165) is 36.0 Å². The van der Waals surface area contributed by atoms with Gasteiger partial charge in [0.15, 0.2) is 0 Å².